The third kappa shape index (κ3) is 4.11. The van der Waals surface area contributed by atoms with Crippen LogP contribution in [0.25, 0.3) is 0 Å². The summed E-state index contributed by atoms with van der Waals surface area (Å²) in [6.45, 7) is 3.51. The van der Waals surface area contributed by atoms with Gasteiger partial charge in [-0.3, -0.25) is 4.79 Å². The molecule has 0 rings (SSSR count). The molecule has 2 N–H and O–H groups in total. The predicted molar refractivity (Wildman–Crippen MR) is 42.2 cm³/mol. The van der Waals surface area contributed by atoms with Crippen molar-refractivity contribution in [1.29, 1.82) is 0 Å². The minimum Gasteiger partial charge on any atom is -0.390 e. The summed E-state index contributed by atoms with van der Waals surface area (Å²) in [4.78, 5) is 10.8. The predicted octanol–water partition coefficient (Wildman–Crippen LogP) is 0.487. The standard InChI is InChI=1S/C8H16O3/c1-3-6(9)5-8(11)7(10)4-2/h7-8,10-11H,3-5H2,1-2H3. The van der Waals surface area contributed by atoms with Gasteiger partial charge in [0.1, 0.15) is 5.78 Å². The lowest BCUT2D eigenvalue weighted by molar-refractivity contribution is -0.122. The maximum Gasteiger partial charge on any atom is 0.135 e. The molecule has 0 fully saturated rings. The lowest BCUT2D eigenvalue weighted by Crippen LogP contribution is -2.27. The molecule has 0 bridgehead atoms. The molecular formula is C8H16O3. The summed E-state index contributed by atoms with van der Waals surface area (Å²) in [6.07, 6.45) is -0.657. The average molecular weight is 160 g/mol. The van der Waals surface area contributed by atoms with Crippen molar-refractivity contribution < 1.29 is 15.0 Å². The summed E-state index contributed by atoms with van der Waals surface area (Å²) in [5.74, 6) is -0.00926. The van der Waals surface area contributed by atoms with E-state index in [1.807, 2.05) is 0 Å². The summed E-state index contributed by atoms with van der Waals surface area (Å²) < 4.78 is 0. The van der Waals surface area contributed by atoms with E-state index in [4.69, 9.17) is 10.2 Å². The van der Waals surface area contributed by atoms with Crippen molar-refractivity contribution >= 4 is 5.78 Å². The number of rotatable bonds is 5. The van der Waals surface area contributed by atoms with Crippen molar-refractivity contribution in [2.24, 2.45) is 0 Å². The van der Waals surface area contributed by atoms with Crippen LogP contribution in [0.2, 0.25) is 0 Å². The minimum absolute atomic E-state index is 0.00926. The molecule has 0 aromatic rings. The van der Waals surface area contributed by atoms with Crippen LogP contribution in [0.4, 0.5) is 0 Å². The van der Waals surface area contributed by atoms with Gasteiger partial charge in [0, 0.05) is 12.8 Å². The fourth-order valence-electron chi connectivity index (χ4n) is 0.786. The normalized spacial score (nSPS) is 16.0. The lowest BCUT2D eigenvalue weighted by Gasteiger charge is -2.14. The Labute approximate surface area is 67.0 Å². The Morgan fingerprint density at radius 2 is 1.82 bits per heavy atom. The Kier molecular flexibility index (Phi) is 5.07. The van der Waals surface area contributed by atoms with Gasteiger partial charge in [0.2, 0.25) is 0 Å². The molecule has 0 aliphatic rings. The quantitative estimate of drug-likeness (QED) is 0.615. The van der Waals surface area contributed by atoms with E-state index in [0.717, 1.165) is 0 Å². The fourth-order valence-corrected chi connectivity index (χ4v) is 0.786. The third-order valence-corrected chi connectivity index (χ3v) is 1.69. The summed E-state index contributed by atoms with van der Waals surface area (Å²) in [5, 5.41) is 18.2. The molecule has 0 aromatic heterocycles. The van der Waals surface area contributed by atoms with Gasteiger partial charge in [-0.2, -0.15) is 0 Å². The first-order valence-corrected chi connectivity index (χ1v) is 3.99. The van der Waals surface area contributed by atoms with Crippen LogP contribution in [0.1, 0.15) is 33.1 Å². The van der Waals surface area contributed by atoms with Gasteiger partial charge in [0.05, 0.1) is 12.2 Å². The highest BCUT2D eigenvalue weighted by Crippen LogP contribution is 2.04. The summed E-state index contributed by atoms with van der Waals surface area (Å²) >= 11 is 0. The van der Waals surface area contributed by atoms with Crippen molar-refractivity contribution in [3.63, 3.8) is 0 Å². The van der Waals surface area contributed by atoms with Crippen molar-refractivity contribution in [2.75, 3.05) is 0 Å². The lowest BCUT2D eigenvalue weighted by atomic mass is 10.0. The first kappa shape index (κ1) is 10.6. The van der Waals surface area contributed by atoms with E-state index in [2.05, 4.69) is 0 Å². The van der Waals surface area contributed by atoms with E-state index in [9.17, 15) is 4.79 Å². The molecule has 11 heavy (non-hydrogen) atoms. The Morgan fingerprint density at radius 1 is 1.27 bits per heavy atom. The van der Waals surface area contributed by atoms with Gasteiger partial charge in [0.15, 0.2) is 0 Å². The number of carbonyl (C=O) groups excluding carboxylic acids is 1. The van der Waals surface area contributed by atoms with Gasteiger partial charge in [-0.1, -0.05) is 13.8 Å². The number of carbonyl (C=O) groups is 1. The molecule has 0 saturated carbocycles. The van der Waals surface area contributed by atoms with Crippen LogP contribution in [-0.2, 0) is 4.79 Å². The number of ketones is 1. The van der Waals surface area contributed by atoms with E-state index in [1.54, 1.807) is 13.8 Å². The highest BCUT2D eigenvalue weighted by molar-refractivity contribution is 5.78. The Balaban J connectivity index is 3.67. The first-order valence-electron chi connectivity index (χ1n) is 3.99. The molecule has 0 spiro atoms. The Hall–Kier alpha value is -0.410. The van der Waals surface area contributed by atoms with Gasteiger partial charge >= 0.3 is 0 Å². The van der Waals surface area contributed by atoms with Gasteiger partial charge in [-0.05, 0) is 6.42 Å². The number of hydrogen-bond donors (Lipinski definition) is 2. The third-order valence-electron chi connectivity index (χ3n) is 1.69. The van der Waals surface area contributed by atoms with E-state index < -0.39 is 12.2 Å². The number of hydrogen-bond acceptors (Lipinski definition) is 3. The number of aliphatic hydroxyl groups excluding tert-OH is 2. The van der Waals surface area contributed by atoms with Gasteiger partial charge in [0.25, 0.3) is 0 Å². The van der Waals surface area contributed by atoms with Crippen LogP contribution in [0.3, 0.4) is 0 Å². The monoisotopic (exact) mass is 160 g/mol. The van der Waals surface area contributed by atoms with Crippen molar-refractivity contribution in [2.45, 2.75) is 45.3 Å². The van der Waals surface area contributed by atoms with Gasteiger partial charge in [-0.25, -0.2) is 0 Å². The van der Waals surface area contributed by atoms with Crippen LogP contribution >= 0.6 is 0 Å². The van der Waals surface area contributed by atoms with Crippen LogP contribution in [0.5, 0.6) is 0 Å². The molecule has 0 aliphatic heterocycles. The largest absolute Gasteiger partial charge is 0.390 e. The molecule has 66 valence electrons. The molecule has 3 heteroatoms. The van der Waals surface area contributed by atoms with Gasteiger partial charge in [-0.15, -0.1) is 0 Å². The van der Waals surface area contributed by atoms with Crippen LogP contribution in [0.15, 0.2) is 0 Å². The van der Waals surface area contributed by atoms with E-state index in [-0.39, 0.29) is 12.2 Å². The van der Waals surface area contributed by atoms with Crippen molar-refractivity contribution in [3.8, 4) is 0 Å². The molecule has 0 aliphatic carbocycles. The van der Waals surface area contributed by atoms with E-state index in [1.165, 1.54) is 0 Å². The van der Waals surface area contributed by atoms with Crippen molar-refractivity contribution in [1.82, 2.24) is 0 Å². The Bertz CT molecular complexity index is 123. The maximum atomic E-state index is 10.8. The van der Waals surface area contributed by atoms with E-state index in [0.29, 0.717) is 12.8 Å². The average Bonchev–Trinajstić information content (AvgIpc) is 2.02. The van der Waals surface area contributed by atoms with Crippen LogP contribution in [0, 0.1) is 0 Å². The van der Waals surface area contributed by atoms with Gasteiger partial charge < -0.3 is 10.2 Å². The molecule has 0 amide bonds. The summed E-state index contributed by atoms with van der Waals surface area (Å²) in [6, 6.07) is 0. The molecule has 0 saturated heterocycles. The molecule has 3 nitrogen and oxygen atoms in total. The van der Waals surface area contributed by atoms with Crippen LogP contribution < -0.4 is 0 Å². The summed E-state index contributed by atoms with van der Waals surface area (Å²) in [5.41, 5.74) is 0. The minimum atomic E-state index is -0.882. The maximum absolute atomic E-state index is 10.8. The zero-order chi connectivity index (χ0) is 8.85. The number of aliphatic hydroxyl groups is 2. The SMILES string of the molecule is CCC(=O)CC(O)C(O)CC. The fraction of sp³-hybridized carbons (Fsp3) is 0.875. The summed E-state index contributed by atoms with van der Waals surface area (Å²) in [7, 11) is 0. The highest BCUT2D eigenvalue weighted by atomic mass is 16.3. The first-order chi connectivity index (χ1) is 5.11. The zero-order valence-electron chi connectivity index (χ0n) is 7.08. The molecule has 0 heterocycles. The highest BCUT2D eigenvalue weighted by Gasteiger charge is 2.16. The molecule has 2 atom stereocenters. The molecule has 0 aromatic carbocycles. The topological polar surface area (TPSA) is 57.5 Å². The molecular weight excluding hydrogens is 144 g/mol. The second-order valence-corrected chi connectivity index (χ2v) is 2.64. The second-order valence-electron chi connectivity index (χ2n) is 2.64. The van der Waals surface area contributed by atoms with Crippen molar-refractivity contribution in [3.05, 3.63) is 0 Å². The van der Waals surface area contributed by atoms with E-state index >= 15 is 0 Å². The molecule has 0 radical (unpaired) electrons. The molecule has 2 unspecified atom stereocenters. The second kappa shape index (κ2) is 5.27. The zero-order valence-corrected chi connectivity index (χ0v) is 7.08. The number of Topliss-reactive ketones (excluding diaryl/α,β-unsaturated/α-hetero) is 1. The van der Waals surface area contributed by atoms with Crippen LogP contribution in [-0.4, -0.2) is 28.2 Å². The smallest absolute Gasteiger partial charge is 0.135 e. The Morgan fingerprint density at radius 3 is 2.18 bits per heavy atom.